The van der Waals surface area contributed by atoms with E-state index < -0.39 is 0 Å². The quantitative estimate of drug-likeness (QED) is 0.385. The van der Waals surface area contributed by atoms with Gasteiger partial charge in [0.05, 0.1) is 29.3 Å². The van der Waals surface area contributed by atoms with E-state index in [0.717, 1.165) is 36.2 Å². The van der Waals surface area contributed by atoms with E-state index in [1.165, 1.54) is 6.33 Å². The summed E-state index contributed by atoms with van der Waals surface area (Å²) in [6.45, 7) is 3.66. The minimum atomic E-state index is -0.0276. The molecule has 2 heterocycles. The Balaban J connectivity index is 1.52. The van der Waals surface area contributed by atoms with Gasteiger partial charge in [-0.05, 0) is 29.3 Å². The monoisotopic (exact) mass is 552 g/mol. The Morgan fingerprint density at radius 2 is 2.09 bits per heavy atom. The second-order valence-corrected chi connectivity index (χ2v) is 8.76. The smallest absolute Gasteiger partial charge is 0.163 e. The number of nitrogens with one attached hydrogen (secondary N) is 1. The van der Waals surface area contributed by atoms with E-state index in [4.69, 9.17) is 37.4 Å². The van der Waals surface area contributed by atoms with E-state index in [2.05, 4.69) is 42.2 Å². The molecule has 1 atom stereocenters. The zero-order chi connectivity index (χ0) is 23.2. The van der Waals surface area contributed by atoms with Gasteiger partial charge in [-0.3, -0.25) is 4.90 Å². The van der Waals surface area contributed by atoms with Crippen LogP contribution in [0.4, 0.5) is 11.5 Å². The van der Waals surface area contributed by atoms with Crippen molar-refractivity contribution in [3.05, 3.63) is 57.8 Å². The maximum Gasteiger partial charge on any atom is 0.163 e. The molecule has 1 saturated heterocycles. The number of rotatable bonds is 8. The average Bonchev–Trinajstić information content (AvgIpc) is 2.83. The predicted molar refractivity (Wildman–Crippen MR) is 136 cm³/mol. The van der Waals surface area contributed by atoms with Crippen LogP contribution in [0, 0.1) is 0 Å². The molecule has 0 aliphatic carbocycles. The lowest BCUT2D eigenvalue weighted by molar-refractivity contribution is -0.0448. The van der Waals surface area contributed by atoms with Gasteiger partial charge in [-0.15, -0.1) is 0 Å². The van der Waals surface area contributed by atoms with Gasteiger partial charge in [-0.2, -0.15) is 0 Å². The zero-order valence-electron chi connectivity index (χ0n) is 17.9. The van der Waals surface area contributed by atoms with Crippen LogP contribution >= 0.6 is 39.1 Å². The molecule has 1 aliphatic heterocycles. The number of halogens is 3. The molecule has 0 radical (unpaired) electrons. The number of fused-ring (bicyclic) bond motifs is 1. The van der Waals surface area contributed by atoms with E-state index in [0.29, 0.717) is 40.6 Å². The van der Waals surface area contributed by atoms with Crippen molar-refractivity contribution in [2.45, 2.75) is 6.10 Å². The van der Waals surface area contributed by atoms with Gasteiger partial charge < -0.3 is 19.5 Å². The van der Waals surface area contributed by atoms with Crippen LogP contribution in [0.1, 0.15) is 0 Å². The molecule has 2 aromatic carbocycles. The number of aromatic nitrogens is 2. The van der Waals surface area contributed by atoms with Crippen molar-refractivity contribution in [3.8, 4) is 11.5 Å². The molecule has 7 nitrogen and oxygen atoms in total. The van der Waals surface area contributed by atoms with Crippen molar-refractivity contribution in [2.75, 3.05) is 45.3 Å². The third-order valence-corrected chi connectivity index (χ3v) is 6.32. The summed E-state index contributed by atoms with van der Waals surface area (Å²) in [5.74, 6) is 1.81. The van der Waals surface area contributed by atoms with E-state index in [9.17, 15) is 0 Å². The van der Waals surface area contributed by atoms with Crippen LogP contribution in [0.5, 0.6) is 11.5 Å². The summed E-state index contributed by atoms with van der Waals surface area (Å²) >= 11 is 15.5. The molecule has 1 aliphatic rings. The highest BCUT2D eigenvalue weighted by Gasteiger charge is 2.21. The maximum atomic E-state index is 6.14. The minimum Gasteiger partial charge on any atom is -0.493 e. The first-order valence-corrected chi connectivity index (χ1v) is 12.0. The second kappa shape index (κ2) is 11.4. The van der Waals surface area contributed by atoms with Gasteiger partial charge in [0.2, 0.25) is 0 Å². The molecule has 10 heteroatoms. The van der Waals surface area contributed by atoms with Gasteiger partial charge in [-0.1, -0.05) is 45.2 Å². The molecule has 1 fully saturated rings. The average molecular weight is 554 g/mol. The lowest BCUT2D eigenvalue weighted by Gasteiger charge is -2.32. The van der Waals surface area contributed by atoms with Crippen molar-refractivity contribution in [3.63, 3.8) is 0 Å². The standard InChI is InChI=1S/C23H23BrCl2N4O3/c1-31-21-10-17-20(27-14-28-23(17)29-15-3-4-18(25)19(26)9-15)11-22(21)33-13-16-12-30(6-2-5-24)7-8-32-16/h2-5,9-11,14,16H,6-8,12-13H2,1H3,(H,27,28,29)/b5-2+. The van der Waals surface area contributed by atoms with Crippen LogP contribution in [-0.2, 0) is 4.74 Å². The van der Waals surface area contributed by atoms with Gasteiger partial charge in [0.1, 0.15) is 24.9 Å². The van der Waals surface area contributed by atoms with Crippen LogP contribution in [-0.4, -0.2) is 60.9 Å². The van der Waals surface area contributed by atoms with Crippen molar-refractivity contribution in [2.24, 2.45) is 0 Å². The number of ether oxygens (including phenoxy) is 3. The van der Waals surface area contributed by atoms with E-state index in [-0.39, 0.29) is 6.10 Å². The van der Waals surface area contributed by atoms with Gasteiger partial charge in [-0.25, -0.2) is 9.97 Å². The third kappa shape index (κ3) is 6.07. The van der Waals surface area contributed by atoms with Crippen LogP contribution in [0.2, 0.25) is 10.0 Å². The van der Waals surface area contributed by atoms with Crippen molar-refractivity contribution >= 4 is 61.5 Å². The fourth-order valence-corrected chi connectivity index (χ4v) is 4.03. The summed E-state index contributed by atoms with van der Waals surface area (Å²) in [6.07, 6.45) is 3.54. The lowest BCUT2D eigenvalue weighted by atomic mass is 10.2. The fraction of sp³-hybridized carbons (Fsp3) is 0.304. The molecule has 3 aromatic rings. The molecule has 33 heavy (non-hydrogen) atoms. The largest absolute Gasteiger partial charge is 0.493 e. The van der Waals surface area contributed by atoms with E-state index in [1.54, 1.807) is 19.2 Å². The van der Waals surface area contributed by atoms with Crippen LogP contribution in [0.25, 0.3) is 10.9 Å². The molecule has 0 amide bonds. The first-order valence-electron chi connectivity index (χ1n) is 10.3. The zero-order valence-corrected chi connectivity index (χ0v) is 21.0. The number of anilines is 2. The van der Waals surface area contributed by atoms with Crippen LogP contribution in [0.15, 0.2) is 47.7 Å². The lowest BCUT2D eigenvalue weighted by Crippen LogP contribution is -2.44. The molecule has 0 bridgehead atoms. The Labute approximate surface area is 210 Å². The summed E-state index contributed by atoms with van der Waals surface area (Å²) in [5, 5.41) is 5.00. The van der Waals surface area contributed by atoms with Crippen LogP contribution < -0.4 is 14.8 Å². The molecule has 1 unspecified atom stereocenters. The number of hydrogen-bond donors (Lipinski definition) is 1. The number of morpholine rings is 1. The summed E-state index contributed by atoms with van der Waals surface area (Å²) in [7, 11) is 1.61. The summed E-state index contributed by atoms with van der Waals surface area (Å²) in [6, 6.07) is 9.02. The number of methoxy groups -OCH3 is 1. The topological polar surface area (TPSA) is 68.7 Å². The number of hydrogen-bond acceptors (Lipinski definition) is 7. The SMILES string of the molecule is COc1cc2c(Nc3ccc(Cl)c(Cl)c3)ncnc2cc1OCC1CN(C/C=C/Br)CCO1. The number of nitrogens with zero attached hydrogens (tertiary/aromatic N) is 3. The van der Waals surface area contributed by atoms with Gasteiger partial charge in [0, 0.05) is 36.8 Å². The molecular weight excluding hydrogens is 531 g/mol. The Bertz CT molecular complexity index is 1150. The molecular formula is C23H23BrCl2N4O3. The Kier molecular flexibility index (Phi) is 8.27. The normalized spacial score (nSPS) is 16.9. The van der Waals surface area contributed by atoms with Crippen LogP contribution in [0.3, 0.4) is 0 Å². The Hall–Kier alpha value is -2.10. The van der Waals surface area contributed by atoms with Crippen molar-refractivity contribution in [1.29, 1.82) is 0 Å². The summed E-state index contributed by atoms with van der Waals surface area (Å²) in [5.41, 5.74) is 1.48. The third-order valence-electron chi connectivity index (χ3n) is 5.20. The summed E-state index contributed by atoms with van der Waals surface area (Å²) in [4.78, 5) is 13.0. The molecule has 1 N–H and O–H groups in total. The highest BCUT2D eigenvalue weighted by Crippen LogP contribution is 2.35. The van der Waals surface area contributed by atoms with Gasteiger partial charge in [0.25, 0.3) is 0 Å². The first-order chi connectivity index (χ1) is 16.1. The molecule has 4 rings (SSSR count). The van der Waals surface area contributed by atoms with Crippen molar-refractivity contribution in [1.82, 2.24) is 14.9 Å². The minimum absolute atomic E-state index is 0.0276. The molecule has 174 valence electrons. The highest BCUT2D eigenvalue weighted by atomic mass is 79.9. The van der Waals surface area contributed by atoms with E-state index in [1.807, 2.05) is 23.2 Å². The Morgan fingerprint density at radius 3 is 2.88 bits per heavy atom. The summed E-state index contributed by atoms with van der Waals surface area (Å²) < 4.78 is 17.6. The predicted octanol–water partition coefficient (Wildman–Crippen LogP) is 5.68. The highest BCUT2D eigenvalue weighted by molar-refractivity contribution is 9.11. The first kappa shape index (κ1) is 24.0. The van der Waals surface area contributed by atoms with Crippen molar-refractivity contribution < 1.29 is 14.2 Å². The van der Waals surface area contributed by atoms with Gasteiger partial charge >= 0.3 is 0 Å². The molecule has 0 saturated carbocycles. The van der Waals surface area contributed by atoms with Gasteiger partial charge in [0.15, 0.2) is 11.5 Å². The Morgan fingerprint density at radius 1 is 1.21 bits per heavy atom. The number of benzene rings is 2. The second-order valence-electron chi connectivity index (χ2n) is 7.42. The molecule has 1 aromatic heterocycles. The van der Waals surface area contributed by atoms with E-state index >= 15 is 0 Å². The fourth-order valence-electron chi connectivity index (χ4n) is 3.57. The molecule has 0 spiro atoms. The maximum absolute atomic E-state index is 6.14.